The summed E-state index contributed by atoms with van der Waals surface area (Å²) in [6.07, 6.45) is 0. The number of hydrogen-bond donors (Lipinski definition) is 0. The van der Waals surface area contributed by atoms with E-state index in [0.29, 0.717) is 15.8 Å². The summed E-state index contributed by atoms with van der Waals surface area (Å²) in [7, 11) is 1.48. The summed E-state index contributed by atoms with van der Waals surface area (Å²) in [5, 5.41) is 11.1. The predicted molar refractivity (Wildman–Crippen MR) is 53.1 cm³/mol. The van der Waals surface area contributed by atoms with Gasteiger partial charge in [-0.05, 0) is 17.5 Å². The maximum absolute atomic E-state index is 13.4. The van der Waals surface area contributed by atoms with Crippen LogP contribution in [0, 0.1) is 17.1 Å². The molecule has 0 spiro atoms. The molecule has 2 rings (SSSR count). The summed E-state index contributed by atoms with van der Waals surface area (Å²) in [6, 6.07) is 4.79. The largest absolute Gasteiger partial charge is 0.494 e. The molecule has 0 radical (unpaired) electrons. The SMILES string of the molecule is COc1c(C#N)cc(F)c2ccsc12. The molecule has 0 unspecified atom stereocenters. The zero-order chi connectivity index (χ0) is 10.1. The Hall–Kier alpha value is -1.60. The number of methoxy groups -OCH3 is 1. The van der Waals surface area contributed by atoms with Crippen LogP contribution in [0.4, 0.5) is 4.39 Å². The molecule has 0 aliphatic carbocycles. The van der Waals surface area contributed by atoms with Crippen molar-refractivity contribution in [2.45, 2.75) is 0 Å². The van der Waals surface area contributed by atoms with Crippen LogP contribution >= 0.6 is 11.3 Å². The Balaban J connectivity index is 2.90. The zero-order valence-electron chi connectivity index (χ0n) is 7.37. The molecule has 14 heavy (non-hydrogen) atoms. The molecule has 2 nitrogen and oxygen atoms in total. The first-order chi connectivity index (χ1) is 6.77. The second-order valence-electron chi connectivity index (χ2n) is 2.71. The highest BCUT2D eigenvalue weighted by molar-refractivity contribution is 7.17. The summed E-state index contributed by atoms with van der Waals surface area (Å²) >= 11 is 1.37. The second-order valence-corrected chi connectivity index (χ2v) is 3.63. The molecule has 1 aromatic carbocycles. The van der Waals surface area contributed by atoms with E-state index >= 15 is 0 Å². The van der Waals surface area contributed by atoms with Crippen molar-refractivity contribution in [1.29, 1.82) is 5.26 Å². The molecular formula is C10H6FNOS. The van der Waals surface area contributed by atoms with Gasteiger partial charge in [-0.3, -0.25) is 0 Å². The molecule has 0 N–H and O–H groups in total. The van der Waals surface area contributed by atoms with Crippen molar-refractivity contribution in [1.82, 2.24) is 0 Å². The van der Waals surface area contributed by atoms with E-state index in [9.17, 15) is 4.39 Å². The fourth-order valence-electron chi connectivity index (χ4n) is 1.35. The minimum Gasteiger partial charge on any atom is -0.494 e. The molecule has 0 saturated heterocycles. The van der Waals surface area contributed by atoms with Gasteiger partial charge < -0.3 is 4.74 Å². The Morgan fingerprint density at radius 3 is 3.00 bits per heavy atom. The van der Waals surface area contributed by atoms with Crippen LogP contribution in [0.25, 0.3) is 10.1 Å². The molecule has 1 aromatic heterocycles. The molecule has 4 heteroatoms. The number of rotatable bonds is 1. The molecule has 70 valence electrons. The Labute approximate surface area is 84.2 Å². The first-order valence-corrected chi connectivity index (χ1v) is 4.79. The van der Waals surface area contributed by atoms with Gasteiger partial charge in [-0.15, -0.1) is 11.3 Å². The monoisotopic (exact) mass is 207 g/mol. The third kappa shape index (κ3) is 1.14. The normalized spacial score (nSPS) is 10.1. The average Bonchev–Trinajstić information content (AvgIpc) is 2.66. The molecule has 0 amide bonds. The lowest BCUT2D eigenvalue weighted by atomic mass is 10.1. The van der Waals surface area contributed by atoms with E-state index in [0.717, 1.165) is 0 Å². The summed E-state index contributed by atoms with van der Waals surface area (Å²) in [5.74, 6) is 0.0810. The number of halogens is 1. The average molecular weight is 207 g/mol. The number of hydrogen-bond acceptors (Lipinski definition) is 3. The summed E-state index contributed by atoms with van der Waals surface area (Å²) < 4.78 is 19.2. The maximum Gasteiger partial charge on any atom is 0.154 e. The number of nitriles is 1. The van der Waals surface area contributed by atoms with Gasteiger partial charge in [0.05, 0.1) is 17.4 Å². The van der Waals surface area contributed by atoms with E-state index < -0.39 is 0 Å². The van der Waals surface area contributed by atoms with Crippen LogP contribution in [0.1, 0.15) is 5.56 Å². The molecule has 0 saturated carbocycles. The van der Waals surface area contributed by atoms with Crippen molar-refractivity contribution in [3.8, 4) is 11.8 Å². The minimum absolute atomic E-state index is 0.236. The van der Waals surface area contributed by atoms with E-state index in [1.165, 1.54) is 24.5 Å². The van der Waals surface area contributed by atoms with Crippen LogP contribution in [0.2, 0.25) is 0 Å². The molecule has 0 atom stereocenters. The van der Waals surface area contributed by atoms with Crippen LogP contribution < -0.4 is 4.74 Å². The van der Waals surface area contributed by atoms with Gasteiger partial charge in [0.1, 0.15) is 11.9 Å². The summed E-state index contributed by atoms with van der Waals surface area (Å²) in [4.78, 5) is 0. The highest BCUT2D eigenvalue weighted by atomic mass is 32.1. The Morgan fingerprint density at radius 2 is 2.36 bits per heavy atom. The van der Waals surface area contributed by atoms with Crippen molar-refractivity contribution >= 4 is 21.4 Å². The van der Waals surface area contributed by atoms with Gasteiger partial charge in [0.2, 0.25) is 0 Å². The lowest BCUT2D eigenvalue weighted by Crippen LogP contribution is -1.89. The van der Waals surface area contributed by atoms with Gasteiger partial charge in [0.25, 0.3) is 0 Å². The summed E-state index contributed by atoms with van der Waals surface area (Å²) in [6.45, 7) is 0. The van der Waals surface area contributed by atoms with E-state index in [-0.39, 0.29) is 11.4 Å². The van der Waals surface area contributed by atoms with Crippen LogP contribution in [-0.4, -0.2) is 7.11 Å². The number of benzene rings is 1. The Kier molecular flexibility index (Phi) is 2.10. The van der Waals surface area contributed by atoms with Gasteiger partial charge >= 0.3 is 0 Å². The van der Waals surface area contributed by atoms with Crippen molar-refractivity contribution < 1.29 is 9.13 Å². The number of thiophene rings is 1. The number of nitrogens with zero attached hydrogens (tertiary/aromatic N) is 1. The first kappa shape index (κ1) is 8.97. The first-order valence-electron chi connectivity index (χ1n) is 3.91. The van der Waals surface area contributed by atoms with Crippen LogP contribution in [0.5, 0.6) is 5.75 Å². The summed E-state index contributed by atoms with van der Waals surface area (Å²) in [5.41, 5.74) is 0.236. The van der Waals surface area contributed by atoms with Crippen LogP contribution in [-0.2, 0) is 0 Å². The lowest BCUT2D eigenvalue weighted by Gasteiger charge is -2.04. The van der Waals surface area contributed by atoms with Crippen LogP contribution in [0.15, 0.2) is 17.5 Å². The predicted octanol–water partition coefficient (Wildman–Crippen LogP) is 2.92. The second kappa shape index (κ2) is 3.28. The van der Waals surface area contributed by atoms with E-state index in [1.54, 1.807) is 11.4 Å². The molecular weight excluding hydrogens is 201 g/mol. The van der Waals surface area contributed by atoms with Gasteiger partial charge in [-0.2, -0.15) is 5.26 Å². The van der Waals surface area contributed by atoms with Gasteiger partial charge in [-0.25, -0.2) is 4.39 Å². The van der Waals surface area contributed by atoms with Crippen molar-refractivity contribution in [3.63, 3.8) is 0 Å². The van der Waals surface area contributed by atoms with E-state index in [2.05, 4.69) is 0 Å². The number of ether oxygens (including phenoxy) is 1. The van der Waals surface area contributed by atoms with Crippen molar-refractivity contribution in [3.05, 3.63) is 28.9 Å². The zero-order valence-corrected chi connectivity index (χ0v) is 8.19. The van der Waals surface area contributed by atoms with Crippen molar-refractivity contribution in [2.75, 3.05) is 7.11 Å². The molecule has 1 heterocycles. The maximum atomic E-state index is 13.4. The fourth-order valence-corrected chi connectivity index (χ4v) is 2.28. The quantitative estimate of drug-likeness (QED) is 0.720. The third-order valence-corrected chi connectivity index (χ3v) is 2.88. The van der Waals surface area contributed by atoms with E-state index in [4.69, 9.17) is 10.00 Å². The standard InChI is InChI=1S/C10H6FNOS/c1-13-9-6(5-12)4-8(11)7-2-3-14-10(7)9/h2-4H,1H3. The highest BCUT2D eigenvalue weighted by Gasteiger charge is 2.13. The number of fused-ring (bicyclic) bond motifs is 1. The van der Waals surface area contributed by atoms with E-state index in [1.807, 2.05) is 6.07 Å². The van der Waals surface area contributed by atoms with Gasteiger partial charge in [0, 0.05) is 5.39 Å². The molecule has 0 aliphatic heterocycles. The molecule has 2 aromatic rings. The fraction of sp³-hybridized carbons (Fsp3) is 0.100. The van der Waals surface area contributed by atoms with Gasteiger partial charge in [0.15, 0.2) is 5.75 Å². The molecule has 0 bridgehead atoms. The topological polar surface area (TPSA) is 33.0 Å². The highest BCUT2D eigenvalue weighted by Crippen LogP contribution is 2.35. The molecule has 0 aliphatic rings. The van der Waals surface area contributed by atoms with Crippen molar-refractivity contribution in [2.24, 2.45) is 0 Å². The Bertz CT molecular complexity index is 527. The lowest BCUT2D eigenvalue weighted by molar-refractivity contribution is 0.418. The van der Waals surface area contributed by atoms with Gasteiger partial charge in [-0.1, -0.05) is 0 Å². The minimum atomic E-state index is -0.376. The molecule has 0 fully saturated rings. The van der Waals surface area contributed by atoms with Crippen LogP contribution in [0.3, 0.4) is 0 Å². The smallest absolute Gasteiger partial charge is 0.154 e. The third-order valence-electron chi connectivity index (χ3n) is 1.97. The Morgan fingerprint density at radius 1 is 1.57 bits per heavy atom.